The fourth-order valence-corrected chi connectivity index (χ4v) is 1.30. The third kappa shape index (κ3) is 2.00. The van der Waals surface area contributed by atoms with Crippen LogP contribution in [0.4, 0.5) is 0 Å². The van der Waals surface area contributed by atoms with Gasteiger partial charge in [0.05, 0.1) is 5.97 Å². The van der Waals surface area contributed by atoms with E-state index in [4.69, 9.17) is 5.73 Å². The van der Waals surface area contributed by atoms with Gasteiger partial charge in [0.1, 0.15) is 4.87 Å². The molecule has 1 rings (SSSR count). The van der Waals surface area contributed by atoms with Crippen molar-refractivity contribution in [2.45, 2.75) is 11.3 Å². The van der Waals surface area contributed by atoms with E-state index in [-0.39, 0.29) is 29.6 Å². The molecule has 0 aromatic rings. The van der Waals surface area contributed by atoms with Crippen molar-refractivity contribution in [2.75, 3.05) is 0 Å². The molecule has 0 radical (unpaired) electrons. The number of carbonyl (C=O) groups excluding carboxylic acids is 1. The molecule has 0 saturated carbocycles. The Labute approximate surface area is 85.3 Å². The van der Waals surface area contributed by atoms with Gasteiger partial charge in [-0.15, -0.1) is 11.8 Å². The van der Waals surface area contributed by atoms with Crippen molar-refractivity contribution in [1.82, 2.24) is 0 Å². The van der Waals surface area contributed by atoms with Gasteiger partial charge in [-0.05, 0) is 11.8 Å². The van der Waals surface area contributed by atoms with E-state index in [0.29, 0.717) is 6.42 Å². The fourth-order valence-electron chi connectivity index (χ4n) is 0.572. The summed E-state index contributed by atoms with van der Waals surface area (Å²) in [5.41, 5.74) is 5.34. The Kier molecular flexibility index (Phi) is 3.98. The molecule has 0 aromatic carbocycles. The second kappa shape index (κ2) is 3.78. The molecule has 0 amide bonds. The summed E-state index contributed by atoms with van der Waals surface area (Å²) in [6.07, 6.45) is 2.08. The zero-order chi connectivity index (χ0) is 6.91. The van der Waals surface area contributed by atoms with Gasteiger partial charge in [-0.25, -0.2) is 0 Å². The second-order valence-corrected chi connectivity index (χ2v) is 3.11. The van der Waals surface area contributed by atoms with E-state index in [1.165, 1.54) is 0 Å². The zero-order valence-corrected chi connectivity index (χ0v) is 8.48. The van der Waals surface area contributed by atoms with Crippen LogP contribution < -0.4 is 40.4 Å². The van der Waals surface area contributed by atoms with Crippen LogP contribution >= 0.6 is 11.8 Å². The molecule has 1 heterocycles. The average molecular weight is 167 g/mol. The maximum absolute atomic E-state index is 10.2. The summed E-state index contributed by atoms with van der Waals surface area (Å²) in [4.78, 5) is 9.03. The van der Waals surface area contributed by atoms with E-state index in [9.17, 15) is 9.90 Å². The van der Waals surface area contributed by atoms with E-state index in [0.717, 1.165) is 11.8 Å². The topological polar surface area (TPSA) is 66.2 Å². The first-order valence-electron chi connectivity index (χ1n) is 2.48. The third-order valence-corrected chi connectivity index (χ3v) is 2.22. The number of nitrogens with two attached hydrogens (primary N) is 1. The molecule has 1 aliphatic rings. The summed E-state index contributed by atoms with van der Waals surface area (Å²) in [5.74, 6) is -1.20. The Morgan fingerprint density at radius 2 is 2.40 bits per heavy atom. The minimum absolute atomic E-state index is 0. The van der Waals surface area contributed by atoms with Crippen LogP contribution in [0, 0.1) is 0 Å². The molecule has 0 fully saturated rings. The molecule has 0 aliphatic carbocycles. The molecule has 3 nitrogen and oxygen atoms in total. The Hall–Kier alpha value is 0.520. The number of hydrogen-bond acceptors (Lipinski definition) is 4. The molecule has 0 bridgehead atoms. The van der Waals surface area contributed by atoms with Crippen LogP contribution in [-0.2, 0) is 4.79 Å². The quantitative estimate of drug-likeness (QED) is 0.405. The molecule has 0 saturated heterocycles. The third-order valence-electron chi connectivity index (χ3n) is 1.14. The normalized spacial score (nSPS) is 29.7. The van der Waals surface area contributed by atoms with Gasteiger partial charge >= 0.3 is 29.6 Å². The zero-order valence-electron chi connectivity index (χ0n) is 5.66. The first kappa shape index (κ1) is 10.5. The number of aliphatic carboxylic acids is 1. The summed E-state index contributed by atoms with van der Waals surface area (Å²) in [6.45, 7) is 0. The Bertz CT molecular complexity index is 163. The molecule has 0 aromatic heterocycles. The molecule has 1 unspecified atom stereocenters. The first-order valence-corrected chi connectivity index (χ1v) is 3.36. The number of hydrogen-bond donors (Lipinski definition) is 1. The maximum atomic E-state index is 10.2. The molecular weight excluding hydrogens is 161 g/mol. The largest absolute Gasteiger partial charge is 1.00 e. The van der Waals surface area contributed by atoms with Crippen LogP contribution in [0.1, 0.15) is 6.42 Å². The van der Waals surface area contributed by atoms with Crippen molar-refractivity contribution in [3.8, 4) is 0 Å². The summed E-state index contributed by atoms with van der Waals surface area (Å²) < 4.78 is 0. The van der Waals surface area contributed by atoms with Crippen LogP contribution in [-0.4, -0.2) is 10.8 Å². The molecular formula is C5H6NNaO2S. The van der Waals surface area contributed by atoms with Crippen LogP contribution in [0.2, 0.25) is 0 Å². The number of carbonyl (C=O) groups is 1. The monoisotopic (exact) mass is 167 g/mol. The van der Waals surface area contributed by atoms with Gasteiger partial charge in [0.25, 0.3) is 0 Å². The number of thioether (sulfide) groups is 1. The smallest absolute Gasteiger partial charge is 0.547 e. The second-order valence-electron chi connectivity index (χ2n) is 1.87. The van der Waals surface area contributed by atoms with Crippen LogP contribution in [0.15, 0.2) is 11.5 Å². The summed E-state index contributed by atoms with van der Waals surface area (Å²) in [5, 5.41) is 11.9. The predicted molar refractivity (Wildman–Crippen MR) is 33.3 cm³/mol. The van der Waals surface area contributed by atoms with Crippen molar-refractivity contribution in [3.05, 3.63) is 11.5 Å². The van der Waals surface area contributed by atoms with Gasteiger partial charge in [-0.3, -0.25) is 0 Å². The van der Waals surface area contributed by atoms with Gasteiger partial charge in [-0.1, -0.05) is 6.08 Å². The van der Waals surface area contributed by atoms with E-state index in [1.807, 2.05) is 0 Å². The Balaban J connectivity index is 0.000000810. The predicted octanol–water partition coefficient (Wildman–Crippen LogP) is -3.95. The van der Waals surface area contributed by atoms with Gasteiger partial charge in [0, 0.05) is 0 Å². The molecule has 10 heavy (non-hydrogen) atoms. The van der Waals surface area contributed by atoms with Crippen molar-refractivity contribution in [1.29, 1.82) is 0 Å². The van der Waals surface area contributed by atoms with E-state index < -0.39 is 10.8 Å². The first-order chi connectivity index (χ1) is 4.15. The SMILES string of the molecule is NC1(C(=O)[O-])CC=CS1.[Na+]. The van der Waals surface area contributed by atoms with Gasteiger partial charge in [0.15, 0.2) is 0 Å². The molecule has 0 spiro atoms. The van der Waals surface area contributed by atoms with Crippen molar-refractivity contribution in [2.24, 2.45) is 5.73 Å². The molecule has 5 heteroatoms. The van der Waals surface area contributed by atoms with Crippen LogP contribution in [0.3, 0.4) is 0 Å². The Morgan fingerprint density at radius 3 is 2.60 bits per heavy atom. The van der Waals surface area contributed by atoms with Crippen molar-refractivity contribution in [3.63, 3.8) is 0 Å². The number of carboxylic acids is 1. The van der Waals surface area contributed by atoms with Gasteiger partial charge in [-0.2, -0.15) is 0 Å². The molecule has 1 aliphatic heterocycles. The van der Waals surface area contributed by atoms with Gasteiger partial charge < -0.3 is 15.6 Å². The molecule has 1 atom stereocenters. The standard InChI is InChI=1S/C5H7NO2S.Na/c6-5(4(7)8)2-1-3-9-5;/h1,3H,2,6H2,(H,7,8);/q;+1/p-1. The minimum atomic E-state index is -1.20. The molecule has 2 N–H and O–H groups in total. The van der Waals surface area contributed by atoms with Crippen molar-refractivity contribution < 1.29 is 39.5 Å². The van der Waals surface area contributed by atoms with Gasteiger partial charge in [0.2, 0.25) is 0 Å². The Morgan fingerprint density at radius 1 is 1.80 bits per heavy atom. The number of carboxylic acid groups (broad SMARTS) is 1. The van der Waals surface area contributed by atoms with Crippen LogP contribution in [0.25, 0.3) is 0 Å². The van der Waals surface area contributed by atoms with E-state index >= 15 is 0 Å². The molecule has 50 valence electrons. The van der Waals surface area contributed by atoms with E-state index in [1.54, 1.807) is 11.5 Å². The summed E-state index contributed by atoms with van der Waals surface area (Å²) >= 11 is 1.09. The van der Waals surface area contributed by atoms with Crippen LogP contribution in [0.5, 0.6) is 0 Å². The summed E-state index contributed by atoms with van der Waals surface area (Å²) in [6, 6.07) is 0. The van der Waals surface area contributed by atoms with E-state index in [2.05, 4.69) is 0 Å². The summed E-state index contributed by atoms with van der Waals surface area (Å²) in [7, 11) is 0. The minimum Gasteiger partial charge on any atom is -0.547 e. The van der Waals surface area contributed by atoms with Crippen molar-refractivity contribution >= 4 is 17.7 Å². The average Bonchev–Trinajstić information content (AvgIpc) is 2.16. The maximum Gasteiger partial charge on any atom is 1.00 e. The number of rotatable bonds is 1. The fraction of sp³-hybridized carbons (Fsp3) is 0.400.